The quantitative estimate of drug-likeness (QED) is 0.375. The summed E-state index contributed by atoms with van der Waals surface area (Å²) in [5, 5.41) is 0. The number of imidazole rings is 1. The molecule has 182 valence electrons. The van der Waals surface area contributed by atoms with E-state index in [-0.39, 0.29) is 18.2 Å². The van der Waals surface area contributed by atoms with Crippen LogP contribution in [-0.4, -0.2) is 73.8 Å². The maximum absolute atomic E-state index is 14.6. The van der Waals surface area contributed by atoms with E-state index in [1.165, 1.54) is 0 Å². The van der Waals surface area contributed by atoms with Gasteiger partial charge in [0.25, 0.3) is 0 Å². The van der Waals surface area contributed by atoms with E-state index >= 15 is 0 Å². The summed E-state index contributed by atoms with van der Waals surface area (Å²) in [5.41, 5.74) is 3.83. The first-order valence-corrected chi connectivity index (χ1v) is 11.9. The molecular formula is C25H28F2N8. The molecule has 1 saturated heterocycles. The van der Waals surface area contributed by atoms with E-state index < -0.39 is 5.95 Å². The van der Waals surface area contributed by atoms with Crippen molar-refractivity contribution in [2.75, 3.05) is 44.3 Å². The molecule has 4 aromatic heterocycles. The van der Waals surface area contributed by atoms with Crippen LogP contribution in [0.25, 0.3) is 22.4 Å². The Morgan fingerprint density at radius 2 is 1.80 bits per heavy atom. The van der Waals surface area contributed by atoms with Crippen molar-refractivity contribution in [3.8, 4) is 11.4 Å². The van der Waals surface area contributed by atoms with Crippen LogP contribution in [0.1, 0.15) is 31.4 Å². The van der Waals surface area contributed by atoms with Gasteiger partial charge in [-0.2, -0.15) is 4.39 Å². The third-order valence-electron chi connectivity index (χ3n) is 6.33. The highest BCUT2D eigenvalue weighted by atomic mass is 19.1. The number of fused-ring (bicyclic) bond motifs is 1. The molecule has 8 nitrogen and oxygen atoms in total. The SMILES string of the molecule is CC(C)n1cnc2c(F)nc(-c3ccnc(Cc4ccc(N5CCN(CCF)CC5)cn4)n3)cc21. The monoisotopic (exact) mass is 478 g/mol. The molecule has 5 heterocycles. The second-order valence-electron chi connectivity index (χ2n) is 8.97. The van der Waals surface area contributed by atoms with Crippen LogP contribution in [0.3, 0.4) is 0 Å². The molecule has 0 aromatic carbocycles. The number of hydrogen-bond acceptors (Lipinski definition) is 7. The number of nitrogens with zero attached hydrogens (tertiary/aromatic N) is 8. The Kier molecular flexibility index (Phi) is 6.63. The topological polar surface area (TPSA) is 75.9 Å². The number of pyridine rings is 2. The predicted octanol–water partition coefficient (Wildman–Crippen LogP) is 3.69. The maximum atomic E-state index is 14.6. The first-order valence-electron chi connectivity index (χ1n) is 11.9. The molecular weight excluding hydrogens is 450 g/mol. The maximum Gasteiger partial charge on any atom is 0.241 e. The van der Waals surface area contributed by atoms with Gasteiger partial charge in [0, 0.05) is 50.7 Å². The number of rotatable bonds is 7. The van der Waals surface area contributed by atoms with Crippen LogP contribution in [-0.2, 0) is 6.42 Å². The molecule has 0 radical (unpaired) electrons. The van der Waals surface area contributed by atoms with Crippen LogP contribution in [0.2, 0.25) is 0 Å². The molecule has 0 spiro atoms. The Balaban J connectivity index is 1.32. The second-order valence-corrected chi connectivity index (χ2v) is 8.97. The van der Waals surface area contributed by atoms with E-state index in [0.717, 1.165) is 37.6 Å². The fraction of sp³-hybridized carbons (Fsp3) is 0.400. The molecule has 5 rings (SSSR count). The molecule has 4 aromatic rings. The van der Waals surface area contributed by atoms with Crippen LogP contribution >= 0.6 is 0 Å². The zero-order valence-electron chi connectivity index (χ0n) is 19.9. The number of anilines is 1. The average molecular weight is 479 g/mol. The smallest absolute Gasteiger partial charge is 0.241 e. The number of aromatic nitrogens is 6. The van der Waals surface area contributed by atoms with Gasteiger partial charge in [-0.25, -0.2) is 24.3 Å². The highest BCUT2D eigenvalue weighted by Gasteiger charge is 2.18. The summed E-state index contributed by atoms with van der Waals surface area (Å²) in [6.45, 7) is 7.66. The molecule has 35 heavy (non-hydrogen) atoms. The molecule has 0 N–H and O–H groups in total. The number of alkyl halides is 1. The lowest BCUT2D eigenvalue weighted by atomic mass is 10.2. The predicted molar refractivity (Wildman–Crippen MR) is 131 cm³/mol. The number of halogens is 2. The molecule has 1 aliphatic heterocycles. The standard InChI is InChI=1S/C25H28F2N8/c1-17(2)35-16-30-24-22(35)14-21(32-25(24)27)20-5-7-28-23(31-20)13-18-3-4-19(15-29-18)34-11-9-33(8-6-26)10-12-34/h3-5,7,14-17H,6,8-13H2,1-2H3. The van der Waals surface area contributed by atoms with Gasteiger partial charge in [-0.05, 0) is 38.1 Å². The summed E-state index contributed by atoms with van der Waals surface area (Å²) < 4.78 is 29.1. The van der Waals surface area contributed by atoms with Crippen LogP contribution < -0.4 is 4.90 Å². The highest BCUT2D eigenvalue weighted by molar-refractivity contribution is 5.79. The van der Waals surface area contributed by atoms with E-state index in [1.807, 2.05) is 36.7 Å². The van der Waals surface area contributed by atoms with Crippen molar-refractivity contribution in [1.82, 2.24) is 34.4 Å². The van der Waals surface area contributed by atoms with Crippen molar-refractivity contribution in [3.05, 3.63) is 60.5 Å². The first kappa shape index (κ1) is 23.2. The van der Waals surface area contributed by atoms with E-state index in [1.54, 1.807) is 18.6 Å². The lowest BCUT2D eigenvalue weighted by molar-refractivity contribution is 0.235. The Labute approximate surface area is 202 Å². The summed E-state index contributed by atoms with van der Waals surface area (Å²) in [6, 6.07) is 7.72. The summed E-state index contributed by atoms with van der Waals surface area (Å²) in [7, 11) is 0. The van der Waals surface area contributed by atoms with E-state index in [4.69, 9.17) is 0 Å². The Bertz CT molecular complexity index is 1300. The summed E-state index contributed by atoms with van der Waals surface area (Å²) >= 11 is 0. The van der Waals surface area contributed by atoms with E-state index in [9.17, 15) is 8.78 Å². The fourth-order valence-corrected chi connectivity index (χ4v) is 4.38. The Hall–Kier alpha value is -3.53. The van der Waals surface area contributed by atoms with Gasteiger partial charge in [-0.1, -0.05) is 0 Å². The van der Waals surface area contributed by atoms with Crippen molar-refractivity contribution < 1.29 is 8.78 Å². The normalized spacial score (nSPS) is 14.8. The summed E-state index contributed by atoms with van der Waals surface area (Å²) in [6.07, 6.45) is 5.61. The number of piperazine rings is 1. The molecule has 0 unspecified atom stereocenters. The van der Waals surface area contributed by atoms with Crippen molar-refractivity contribution in [3.63, 3.8) is 0 Å². The first-order chi connectivity index (χ1) is 17.0. The summed E-state index contributed by atoms with van der Waals surface area (Å²) in [5.74, 6) is -0.0258. The Morgan fingerprint density at radius 1 is 0.971 bits per heavy atom. The van der Waals surface area contributed by atoms with Crippen LogP contribution in [0.5, 0.6) is 0 Å². The number of hydrogen-bond donors (Lipinski definition) is 0. The van der Waals surface area contributed by atoms with Gasteiger partial charge in [0.1, 0.15) is 18.0 Å². The lowest BCUT2D eigenvalue weighted by Gasteiger charge is -2.35. The third kappa shape index (κ3) is 4.97. The van der Waals surface area contributed by atoms with Crippen molar-refractivity contribution in [2.45, 2.75) is 26.3 Å². The molecule has 1 fully saturated rings. The lowest BCUT2D eigenvalue weighted by Crippen LogP contribution is -2.47. The second kappa shape index (κ2) is 9.99. The van der Waals surface area contributed by atoms with Gasteiger partial charge in [-0.15, -0.1) is 0 Å². The van der Waals surface area contributed by atoms with Crippen LogP contribution in [0.4, 0.5) is 14.5 Å². The molecule has 1 aliphatic rings. The molecule has 10 heteroatoms. The van der Waals surface area contributed by atoms with Gasteiger partial charge in [0.2, 0.25) is 5.95 Å². The van der Waals surface area contributed by atoms with E-state index in [2.05, 4.69) is 40.8 Å². The third-order valence-corrected chi connectivity index (χ3v) is 6.33. The van der Waals surface area contributed by atoms with Gasteiger partial charge >= 0.3 is 0 Å². The molecule has 0 atom stereocenters. The van der Waals surface area contributed by atoms with Crippen LogP contribution in [0.15, 0.2) is 43.0 Å². The minimum atomic E-state index is -0.611. The van der Waals surface area contributed by atoms with Crippen LogP contribution in [0, 0.1) is 5.95 Å². The van der Waals surface area contributed by atoms with Crippen molar-refractivity contribution >= 4 is 16.7 Å². The molecule has 0 bridgehead atoms. The molecule has 0 aliphatic carbocycles. The minimum absolute atomic E-state index is 0.142. The van der Waals surface area contributed by atoms with Gasteiger partial charge in [-0.3, -0.25) is 9.88 Å². The Morgan fingerprint density at radius 3 is 2.51 bits per heavy atom. The minimum Gasteiger partial charge on any atom is -0.368 e. The molecule has 0 amide bonds. The van der Waals surface area contributed by atoms with Crippen molar-refractivity contribution in [2.24, 2.45) is 0 Å². The van der Waals surface area contributed by atoms with E-state index in [0.29, 0.717) is 35.7 Å². The average Bonchev–Trinajstić information content (AvgIpc) is 3.31. The van der Waals surface area contributed by atoms with Gasteiger partial charge < -0.3 is 9.47 Å². The molecule has 0 saturated carbocycles. The van der Waals surface area contributed by atoms with Gasteiger partial charge in [0.05, 0.1) is 41.5 Å². The largest absolute Gasteiger partial charge is 0.368 e. The highest BCUT2D eigenvalue weighted by Crippen LogP contribution is 2.25. The van der Waals surface area contributed by atoms with Gasteiger partial charge in [0.15, 0.2) is 0 Å². The van der Waals surface area contributed by atoms with Crippen molar-refractivity contribution in [1.29, 1.82) is 0 Å². The zero-order valence-corrected chi connectivity index (χ0v) is 19.9. The fourth-order valence-electron chi connectivity index (χ4n) is 4.38. The zero-order chi connectivity index (χ0) is 24.4. The summed E-state index contributed by atoms with van der Waals surface area (Å²) in [4.78, 5) is 26.3.